The summed E-state index contributed by atoms with van der Waals surface area (Å²) in [4.78, 5) is 3.13. The van der Waals surface area contributed by atoms with Gasteiger partial charge in [-0.3, -0.25) is 4.85 Å². The Morgan fingerprint density at radius 3 is 2.21 bits per heavy atom. The number of rotatable bonds is 2. The van der Waals surface area contributed by atoms with Gasteiger partial charge in [-0.05, 0) is 23.1 Å². The second kappa shape index (κ2) is 4.15. The van der Waals surface area contributed by atoms with Crippen LogP contribution in [0, 0.1) is 6.57 Å². The first-order valence-electron chi connectivity index (χ1n) is 4.60. The molecule has 0 radical (unpaired) electrons. The van der Waals surface area contributed by atoms with Crippen molar-refractivity contribution in [1.82, 2.24) is 0 Å². The van der Waals surface area contributed by atoms with Gasteiger partial charge in [0.05, 0.1) is 0 Å². The Hall–Kier alpha value is -1.49. The molecule has 0 fully saturated rings. The van der Waals surface area contributed by atoms with Crippen LogP contribution in [0.5, 0.6) is 5.75 Å². The van der Waals surface area contributed by atoms with Gasteiger partial charge in [0.15, 0.2) is 0 Å². The van der Waals surface area contributed by atoms with Crippen LogP contribution in [-0.2, 0) is 5.41 Å². The Balaban J connectivity index is 2.75. The van der Waals surface area contributed by atoms with E-state index in [1.165, 1.54) is 5.56 Å². The fraction of sp³-hybridized carbons (Fsp3) is 0.417. The lowest BCUT2D eigenvalue weighted by molar-refractivity contribution is 0.360. The molecule has 74 valence electrons. The molecule has 1 aromatic carbocycles. The molecule has 0 saturated heterocycles. The van der Waals surface area contributed by atoms with Crippen LogP contribution >= 0.6 is 0 Å². The summed E-state index contributed by atoms with van der Waals surface area (Å²) in [6.45, 7) is 13.2. The summed E-state index contributed by atoms with van der Waals surface area (Å²) in [6, 6.07) is 7.90. The lowest BCUT2D eigenvalue weighted by atomic mass is 9.87. The molecule has 0 aromatic heterocycles. The zero-order valence-corrected chi connectivity index (χ0v) is 8.87. The smallest absolute Gasteiger partial charge is 0.357 e. The van der Waals surface area contributed by atoms with Crippen LogP contribution in [0.2, 0.25) is 0 Å². The Labute approximate surface area is 85.3 Å². The minimum Gasteiger partial charge on any atom is -0.426 e. The molecule has 0 aliphatic heterocycles. The molecule has 2 heteroatoms. The normalized spacial score (nSPS) is 10.7. The molecule has 0 bridgehead atoms. The van der Waals surface area contributed by atoms with Gasteiger partial charge in [-0.2, -0.15) is 0 Å². The van der Waals surface area contributed by atoms with Crippen molar-refractivity contribution in [2.75, 3.05) is 6.73 Å². The van der Waals surface area contributed by atoms with E-state index in [1.807, 2.05) is 24.3 Å². The first-order chi connectivity index (χ1) is 6.54. The van der Waals surface area contributed by atoms with E-state index in [9.17, 15) is 0 Å². The SMILES string of the molecule is [C-]#[N+]COc1ccc(C(C)(C)C)cc1. The number of ether oxygens (including phenoxy) is 1. The van der Waals surface area contributed by atoms with E-state index in [2.05, 4.69) is 25.6 Å². The van der Waals surface area contributed by atoms with Gasteiger partial charge in [-0.15, -0.1) is 0 Å². The summed E-state index contributed by atoms with van der Waals surface area (Å²) in [5.41, 5.74) is 1.44. The van der Waals surface area contributed by atoms with E-state index in [-0.39, 0.29) is 12.1 Å². The molecule has 1 aromatic rings. The van der Waals surface area contributed by atoms with Crippen molar-refractivity contribution in [3.8, 4) is 5.75 Å². The van der Waals surface area contributed by atoms with E-state index in [0.717, 1.165) is 5.75 Å². The van der Waals surface area contributed by atoms with Crippen molar-refractivity contribution in [3.05, 3.63) is 41.2 Å². The lowest BCUT2D eigenvalue weighted by Crippen LogP contribution is -2.10. The number of hydrogen-bond acceptors (Lipinski definition) is 1. The summed E-state index contributed by atoms with van der Waals surface area (Å²) >= 11 is 0. The molecule has 0 atom stereocenters. The van der Waals surface area contributed by atoms with Crippen LogP contribution in [0.15, 0.2) is 24.3 Å². The van der Waals surface area contributed by atoms with Crippen molar-refractivity contribution in [2.24, 2.45) is 0 Å². The van der Waals surface area contributed by atoms with Gasteiger partial charge >= 0.3 is 6.73 Å². The van der Waals surface area contributed by atoms with Crippen molar-refractivity contribution in [3.63, 3.8) is 0 Å². The summed E-state index contributed by atoms with van der Waals surface area (Å²) in [5, 5.41) is 0. The average Bonchev–Trinajstić information content (AvgIpc) is 2.14. The standard InChI is InChI=1S/C12H15NO/c1-12(2,3)10-5-7-11(8-6-10)14-9-13-4/h5-8H,9H2,1-3H3. The van der Waals surface area contributed by atoms with Gasteiger partial charge in [-0.25, -0.2) is 6.57 Å². The number of hydrogen-bond donors (Lipinski definition) is 0. The highest BCUT2D eigenvalue weighted by molar-refractivity contribution is 5.31. The maximum Gasteiger partial charge on any atom is 0.357 e. The third-order valence-corrected chi connectivity index (χ3v) is 2.02. The lowest BCUT2D eigenvalue weighted by Gasteiger charge is -2.18. The summed E-state index contributed by atoms with van der Waals surface area (Å²) in [5.74, 6) is 0.758. The number of nitrogens with zero attached hydrogens (tertiary/aromatic N) is 1. The summed E-state index contributed by atoms with van der Waals surface area (Å²) in [7, 11) is 0. The van der Waals surface area contributed by atoms with Crippen LogP contribution in [0.25, 0.3) is 4.85 Å². The average molecular weight is 189 g/mol. The van der Waals surface area contributed by atoms with Crippen molar-refractivity contribution < 1.29 is 4.74 Å². The molecule has 0 heterocycles. The Morgan fingerprint density at radius 1 is 1.21 bits per heavy atom. The molecular weight excluding hydrogens is 174 g/mol. The first-order valence-corrected chi connectivity index (χ1v) is 4.60. The van der Waals surface area contributed by atoms with Crippen LogP contribution in [0.3, 0.4) is 0 Å². The summed E-state index contributed by atoms with van der Waals surface area (Å²) in [6.07, 6.45) is 0. The van der Waals surface area contributed by atoms with Crippen LogP contribution in [-0.4, -0.2) is 6.73 Å². The van der Waals surface area contributed by atoms with Crippen molar-refractivity contribution >= 4 is 0 Å². The second-order valence-corrected chi connectivity index (χ2v) is 4.21. The van der Waals surface area contributed by atoms with Gasteiger partial charge in [0.1, 0.15) is 5.75 Å². The third kappa shape index (κ3) is 2.77. The van der Waals surface area contributed by atoms with Crippen LogP contribution in [0.1, 0.15) is 26.3 Å². The van der Waals surface area contributed by atoms with E-state index in [0.29, 0.717) is 0 Å². The highest BCUT2D eigenvalue weighted by atomic mass is 16.5. The third-order valence-electron chi connectivity index (χ3n) is 2.02. The zero-order chi connectivity index (χ0) is 10.6. The van der Waals surface area contributed by atoms with Gasteiger partial charge < -0.3 is 4.74 Å². The largest absolute Gasteiger partial charge is 0.426 e. The Morgan fingerprint density at radius 2 is 1.79 bits per heavy atom. The van der Waals surface area contributed by atoms with Crippen LogP contribution < -0.4 is 4.74 Å². The van der Waals surface area contributed by atoms with Gasteiger partial charge in [0.25, 0.3) is 0 Å². The highest BCUT2D eigenvalue weighted by Gasteiger charge is 2.12. The van der Waals surface area contributed by atoms with Crippen molar-refractivity contribution in [2.45, 2.75) is 26.2 Å². The van der Waals surface area contributed by atoms with Gasteiger partial charge in [0.2, 0.25) is 0 Å². The molecule has 0 N–H and O–H groups in total. The van der Waals surface area contributed by atoms with E-state index in [4.69, 9.17) is 11.3 Å². The maximum absolute atomic E-state index is 6.59. The topological polar surface area (TPSA) is 13.6 Å². The molecule has 0 spiro atoms. The first kappa shape index (κ1) is 10.6. The minimum atomic E-state index is 0.0921. The Kier molecular flexibility index (Phi) is 3.14. The molecule has 0 unspecified atom stereocenters. The molecule has 14 heavy (non-hydrogen) atoms. The fourth-order valence-electron chi connectivity index (χ4n) is 1.16. The molecule has 0 amide bonds. The second-order valence-electron chi connectivity index (χ2n) is 4.21. The van der Waals surface area contributed by atoms with Gasteiger partial charge in [-0.1, -0.05) is 32.9 Å². The summed E-state index contributed by atoms with van der Waals surface area (Å²) < 4.78 is 5.17. The van der Waals surface area contributed by atoms with Crippen molar-refractivity contribution in [1.29, 1.82) is 0 Å². The highest BCUT2D eigenvalue weighted by Crippen LogP contribution is 2.24. The molecule has 1 rings (SSSR count). The zero-order valence-electron chi connectivity index (χ0n) is 8.87. The van der Waals surface area contributed by atoms with E-state index >= 15 is 0 Å². The Bertz CT molecular complexity index is 327. The predicted molar refractivity (Wildman–Crippen MR) is 57.2 cm³/mol. The number of benzene rings is 1. The molecule has 2 nitrogen and oxygen atoms in total. The van der Waals surface area contributed by atoms with Gasteiger partial charge in [0, 0.05) is 0 Å². The molecule has 0 saturated carbocycles. The minimum absolute atomic E-state index is 0.0921. The maximum atomic E-state index is 6.59. The molecule has 0 aliphatic carbocycles. The fourth-order valence-corrected chi connectivity index (χ4v) is 1.16. The van der Waals surface area contributed by atoms with E-state index in [1.54, 1.807) is 0 Å². The van der Waals surface area contributed by atoms with E-state index < -0.39 is 0 Å². The van der Waals surface area contributed by atoms with Crippen LogP contribution in [0.4, 0.5) is 0 Å². The molecule has 0 aliphatic rings. The monoisotopic (exact) mass is 189 g/mol. The predicted octanol–water partition coefficient (Wildman–Crippen LogP) is 3.24. The quantitative estimate of drug-likeness (QED) is 0.651. The molecular formula is C12H15NO.